The first-order valence-electron chi connectivity index (χ1n) is 9.50. The van der Waals surface area contributed by atoms with E-state index in [-0.39, 0.29) is 6.61 Å². The van der Waals surface area contributed by atoms with Crippen LogP contribution in [0.5, 0.6) is 0 Å². The van der Waals surface area contributed by atoms with Gasteiger partial charge in [0.2, 0.25) is 0 Å². The van der Waals surface area contributed by atoms with E-state index in [1.54, 1.807) is 0 Å². The normalized spacial score (nSPS) is 13.6. The highest BCUT2D eigenvalue weighted by atomic mass is 28.5. The third-order valence-electron chi connectivity index (χ3n) is 2.81. The summed E-state index contributed by atoms with van der Waals surface area (Å²) in [5, 5.41) is 0. The third-order valence-corrected chi connectivity index (χ3v) is 14.9. The minimum Gasteiger partial charge on any atom is -0.466 e. The summed E-state index contributed by atoms with van der Waals surface area (Å²) in [5.41, 5.74) is 0. The Morgan fingerprint density at radius 3 is 1.46 bits per heavy atom. The van der Waals surface area contributed by atoms with Gasteiger partial charge in [0.25, 0.3) is 0 Å². The SMILES string of the molecule is COC(=O)/C=C/C(=O)OCCC[Si](O[Si](C)(C)C)(O[Si](C)(C)C)O[Si](C)(C)C. The van der Waals surface area contributed by atoms with Gasteiger partial charge in [-0.25, -0.2) is 9.59 Å². The van der Waals surface area contributed by atoms with Crippen LogP contribution >= 0.6 is 0 Å². The second-order valence-corrected chi connectivity index (χ2v) is 26.4. The van der Waals surface area contributed by atoms with Gasteiger partial charge in [0, 0.05) is 18.2 Å². The van der Waals surface area contributed by atoms with Gasteiger partial charge in [-0.05, 0) is 65.3 Å². The molecule has 0 rings (SSSR count). The zero-order valence-electron chi connectivity index (χ0n) is 19.1. The summed E-state index contributed by atoms with van der Waals surface area (Å²) < 4.78 is 29.3. The van der Waals surface area contributed by atoms with E-state index in [1.165, 1.54) is 7.11 Å². The molecule has 28 heavy (non-hydrogen) atoms. The summed E-state index contributed by atoms with van der Waals surface area (Å²) in [6, 6.07) is 0.597. The molecule has 0 aliphatic carbocycles. The quantitative estimate of drug-likeness (QED) is 0.185. The Morgan fingerprint density at radius 2 is 1.11 bits per heavy atom. The van der Waals surface area contributed by atoms with E-state index < -0.39 is 45.7 Å². The Hall–Kier alpha value is -0.572. The molecule has 0 saturated carbocycles. The molecule has 0 aromatic carbocycles. The number of ether oxygens (including phenoxy) is 2. The van der Waals surface area contributed by atoms with E-state index in [4.69, 9.17) is 17.1 Å². The van der Waals surface area contributed by atoms with E-state index in [0.29, 0.717) is 12.5 Å². The van der Waals surface area contributed by atoms with Crippen molar-refractivity contribution in [3.8, 4) is 0 Å². The number of esters is 2. The minimum atomic E-state index is -2.91. The van der Waals surface area contributed by atoms with Crippen molar-refractivity contribution >= 4 is 45.7 Å². The summed E-state index contributed by atoms with van der Waals surface area (Å²) >= 11 is 0. The molecule has 0 radical (unpaired) electrons. The maximum absolute atomic E-state index is 11.7. The fraction of sp³-hybridized carbons (Fsp3) is 0.765. The van der Waals surface area contributed by atoms with Gasteiger partial charge in [0.05, 0.1) is 13.7 Å². The van der Waals surface area contributed by atoms with Crippen LogP contribution in [0.4, 0.5) is 0 Å². The first-order chi connectivity index (χ1) is 12.5. The molecule has 0 heterocycles. The van der Waals surface area contributed by atoms with Gasteiger partial charge in [-0.2, -0.15) is 0 Å². The number of rotatable bonds is 12. The van der Waals surface area contributed by atoms with Gasteiger partial charge >= 0.3 is 20.7 Å². The third kappa shape index (κ3) is 14.4. The largest absolute Gasteiger partial charge is 0.469 e. The lowest BCUT2D eigenvalue weighted by molar-refractivity contribution is -0.139. The van der Waals surface area contributed by atoms with Crippen molar-refractivity contribution in [2.24, 2.45) is 0 Å². The summed E-state index contributed by atoms with van der Waals surface area (Å²) in [7, 11) is -7.42. The van der Waals surface area contributed by atoms with Crippen LogP contribution in [-0.2, 0) is 31.4 Å². The summed E-state index contributed by atoms with van der Waals surface area (Å²) in [6.45, 7) is 19.4. The Morgan fingerprint density at radius 1 is 0.714 bits per heavy atom. The summed E-state index contributed by atoms with van der Waals surface area (Å²) in [5.74, 6) is -1.18. The van der Waals surface area contributed by atoms with E-state index in [2.05, 4.69) is 63.7 Å². The molecule has 0 unspecified atom stereocenters. The van der Waals surface area contributed by atoms with Crippen LogP contribution in [0, 0.1) is 0 Å². The highest BCUT2D eigenvalue weighted by Crippen LogP contribution is 2.29. The van der Waals surface area contributed by atoms with E-state index in [1.807, 2.05) is 0 Å². The number of carbonyl (C=O) groups excluding carboxylic acids is 2. The monoisotopic (exact) mass is 466 g/mol. The molecule has 11 heteroatoms. The van der Waals surface area contributed by atoms with Crippen LogP contribution in [-0.4, -0.2) is 59.4 Å². The van der Waals surface area contributed by atoms with Crippen molar-refractivity contribution in [3.05, 3.63) is 12.2 Å². The lowest BCUT2D eigenvalue weighted by Crippen LogP contribution is -2.60. The van der Waals surface area contributed by atoms with E-state index in [0.717, 1.165) is 12.2 Å². The molecule has 164 valence electrons. The van der Waals surface area contributed by atoms with Crippen LogP contribution in [0.2, 0.25) is 65.0 Å². The zero-order chi connectivity index (χ0) is 22.2. The summed E-state index contributed by atoms with van der Waals surface area (Å²) in [6.07, 6.45) is 2.67. The molecule has 0 fully saturated rings. The molecule has 0 spiro atoms. The molecule has 7 nitrogen and oxygen atoms in total. The minimum absolute atomic E-state index is 0.207. The van der Waals surface area contributed by atoms with Gasteiger partial charge < -0.3 is 21.8 Å². The second-order valence-electron chi connectivity index (χ2n) is 9.45. The summed E-state index contributed by atoms with van der Waals surface area (Å²) in [4.78, 5) is 22.7. The van der Waals surface area contributed by atoms with Crippen molar-refractivity contribution in [2.75, 3.05) is 13.7 Å². The average Bonchev–Trinajstić information content (AvgIpc) is 2.43. The van der Waals surface area contributed by atoms with Crippen LogP contribution < -0.4 is 0 Å². The Bertz CT molecular complexity index is 504. The number of carbonyl (C=O) groups is 2. The predicted molar refractivity (Wildman–Crippen MR) is 121 cm³/mol. The maximum atomic E-state index is 11.7. The highest BCUT2D eigenvalue weighted by molar-refractivity contribution is 6.90. The molecule has 0 bridgehead atoms. The predicted octanol–water partition coefficient (Wildman–Crippen LogP) is 4.14. The van der Waals surface area contributed by atoms with Gasteiger partial charge in [-0.1, -0.05) is 0 Å². The van der Waals surface area contributed by atoms with Crippen molar-refractivity contribution in [3.63, 3.8) is 0 Å². The standard InChI is InChI=1S/C17H38O7Si4/c1-20-16(18)12-13-17(19)21-14-11-15-28(22-25(2,3)4,23-26(5,6)7)24-27(8,9)10/h12-13H,11,14-15H2,1-10H3/b13-12+. The highest BCUT2D eigenvalue weighted by Gasteiger charge is 2.49. The van der Waals surface area contributed by atoms with Crippen molar-refractivity contribution in [1.82, 2.24) is 0 Å². The van der Waals surface area contributed by atoms with Crippen LogP contribution in [0.1, 0.15) is 6.42 Å². The topological polar surface area (TPSA) is 80.3 Å². The van der Waals surface area contributed by atoms with E-state index >= 15 is 0 Å². The molecular weight excluding hydrogens is 429 g/mol. The maximum Gasteiger partial charge on any atom is 0.469 e. The van der Waals surface area contributed by atoms with Gasteiger partial charge in [-0.15, -0.1) is 0 Å². The number of methoxy groups -OCH3 is 1. The Labute approximate surface area is 174 Å². The molecule has 0 atom stereocenters. The van der Waals surface area contributed by atoms with Crippen molar-refractivity contribution < 1.29 is 31.4 Å². The smallest absolute Gasteiger partial charge is 0.466 e. The number of hydrogen-bond donors (Lipinski definition) is 0. The van der Waals surface area contributed by atoms with Gasteiger partial charge in [0.15, 0.2) is 25.0 Å². The molecule has 0 N–H and O–H groups in total. The van der Waals surface area contributed by atoms with Gasteiger partial charge in [0.1, 0.15) is 0 Å². The van der Waals surface area contributed by atoms with Crippen LogP contribution in [0.15, 0.2) is 12.2 Å². The fourth-order valence-electron chi connectivity index (χ4n) is 2.33. The van der Waals surface area contributed by atoms with Crippen LogP contribution in [0.25, 0.3) is 0 Å². The van der Waals surface area contributed by atoms with Gasteiger partial charge in [-0.3, -0.25) is 0 Å². The molecule has 0 saturated heterocycles. The zero-order valence-corrected chi connectivity index (χ0v) is 23.1. The lowest BCUT2D eigenvalue weighted by Gasteiger charge is -2.42. The molecule has 0 amide bonds. The molecule has 0 aliphatic rings. The Kier molecular flexibility index (Phi) is 10.8. The van der Waals surface area contributed by atoms with Crippen molar-refractivity contribution in [1.29, 1.82) is 0 Å². The van der Waals surface area contributed by atoms with E-state index in [9.17, 15) is 9.59 Å². The first-order valence-corrected chi connectivity index (χ1v) is 21.7. The van der Waals surface area contributed by atoms with Crippen LogP contribution in [0.3, 0.4) is 0 Å². The Balaban J connectivity index is 5.16. The molecule has 0 aliphatic heterocycles. The fourth-order valence-corrected chi connectivity index (χ4v) is 17.0. The average molecular weight is 467 g/mol. The molecular formula is C17H38O7Si4. The molecule has 0 aromatic rings. The molecule has 0 aromatic heterocycles. The number of hydrogen-bond acceptors (Lipinski definition) is 7. The second kappa shape index (κ2) is 11.0. The van der Waals surface area contributed by atoms with Crippen molar-refractivity contribution in [2.45, 2.75) is 71.4 Å². The lowest BCUT2D eigenvalue weighted by atomic mass is 10.5. The first kappa shape index (κ1) is 27.4.